The molecular formula is C7H11BrO. The second-order valence-electron chi connectivity index (χ2n) is 2.29. The van der Waals surface area contributed by atoms with Gasteiger partial charge < -0.3 is 5.11 Å². The molecule has 0 fully saturated rings. The van der Waals surface area contributed by atoms with Crippen molar-refractivity contribution >= 4 is 15.9 Å². The van der Waals surface area contributed by atoms with E-state index in [9.17, 15) is 0 Å². The molecule has 1 nitrogen and oxygen atoms in total. The Bertz CT molecular complexity index is 121. The van der Waals surface area contributed by atoms with Gasteiger partial charge in [0.05, 0.1) is 6.10 Å². The van der Waals surface area contributed by atoms with Gasteiger partial charge in [0.25, 0.3) is 0 Å². The van der Waals surface area contributed by atoms with E-state index in [0.29, 0.717) is 12.3 Å². The number of aliphatic hydroxyl groups excluding tert-OH is 1. The van der Waals surface area contributed by atoms with Crippen LogP contribution >= 0.6 is 15.9 Å². The lowest BCUT2D eigenvalue weighted by Crippen LogP contribution is -2.12. The average molecular weight is 191 g/mol. The van der Waals surface area contributed by atoms with Crippen LogP contribution in [-0.2, 0) is 0 Å². The maximum atomic E-state index is 9.13. The quantitative estimate of drug-likeness (QED) is 0.659. The third kappa shape index (κ3) is 4.50. The van der Waals surface area contributed by atoms with Crippen LogP contribution in [0, 0.1) is 16.7 Å². The topological polar surface area (TPSA) is 20.2 Å². The molecule has 0 aliphatic carbocycles. The number of hydrogen-bond donors (Lipinski definition) is 1. The molecule has 0 saturated carbocycles. The highest BCUT2D eigenvalue weighted by Gasteiger charge is 2.05. The van der Waals surface area contributed by atoms with Gasteiger partial charge in [-0.2, -0.15) is 0 Å². The summed E-state index contributed by atoms with van der Waals surface area (Å²) in [6.07, 6.45) is 0.276. The highest BCUT2D eigenvalue weighted by molar-refractivity contribution is 9.12. The zero-order chi connectivity index (χ0) is 7.28. The third-order valence-electron chi connectivity index (χ3n) is 1.15. The molecule has 0 saturated heterocycles. The van der Waals surface area contributed by atoms with Crippen LogP contribution in [0.4, 0.5) is 0 Å². The zero-order valence-corrected chi connectivity index (χ0v) is 7.27. The second kappa shape index (κ2) is 4.84. The van der Waals surface area contributed by atoms with Crippen molar-refractivity contribution in [1.29, 1.82) is 0 Å². The molecule has 1 N–H and O–H groups in total. The minimum atomic E-state index is -0.282. The highest BCUT2D eigenvalue weighted by atomic mass is 79.9. The van der Waals surface area contributed by atoms with Crippen LogP contribution in [0.2, 0.25) is 0 Å². The molecule has 0 heterocycles. The highest BCUT2D eigenvalue weighted by Crippen LogP contribution is 2.03. The van der Waals surface area contributed by atoms with Gasteiger partial charge in [-0.3, -0.25) is 0 Å². The maximum absolute atomic E-state index is 9.13. The Balaban J connectivity index is 3.46. The van der Waals surface area contributed by atoms with Crippen LogP contribution in [0.5, 0.6) is 0 Å². The molecule has 2 heteroatoms. The Kier molecular flexibility index (Phi) is 4.84. The van der Waals surface area contributed by atoms with Crippen molar-refractivity contribution in [2.45, 2.75) is 26.4 Å². The van der Waals surface area contributed by atoms with Crippen molar-refractivity contribution in [1.82, 2.24) is 0 Å². The first-order valence-electron chi connectivity index (χ1n) is 2.95. The van der Waals surface area contributed by atoms with Gasteiger partial charge in [-0.05, 0) is 10.7 Å². The van der Waals surface area contributed by atoms with Crippen molar-refractivity contribution in [3.63, 3.8) is 0 Å². The van der Waals surface area contributed by atoms with Crippen molar-refractivity contribution in [3.05, 3.63) is 0 Å². The Morgan fingerprint density at radius 2 is 2.11 bits per heavy atom. The van der Waals surface area contributed by atoms with Crippen LogP contribution in [0.25, 0.3) is 0 Å². The van der Waals surface area contributed by atoms with E-state index in [1.165, 1.54) is 0 Å². The molecule has 0 aromatic carbocycles. The summed E-state index contributed by atoms with van der Waals surface area (Å²) in [5, 5.41) is 9.13. The van der Waals surface area contributed by atoms with Gasteiger partial charge in [-0.15, -0.1) is 0 Å². The fourth-order valence-electron chi connectivity index (χ4n) is 0.379. The zero-order valence-electron chi connectivity index (χ0n) is 5.69. The first-order valence-corrected chi connectivity index (χ1v) is 3.74. The maximum Gasteiger partial charge on any atom is 0.0672 e. The molecule has 0 aromatic heterocycles. The van der Waals surface area contributed by atoms with Crippen molar-refractivity contribution in [3.8, 4) is 10.8 Å². The molecule has 1 atom stereocenters. The molecule has 0 spiro atoms. The summed E-state index contributed by atoms with van der Waals surface area (Å²) >= 11 is 2.95. The van der Waals surface area contributed by atoms with E-state index in [4.69, 9.17) is 5.11 Å². The minimum absolute atomic E-state index is 0.282. The number of halogens is 1. The molecule has 0 aliphatic rings. The van der Waals surface area contributed by atoms with E-state index >= 15 is 0 Å². The molecule has 9 heavy (non-hydrogen) atoms. The summed E-state index contributed by atoms with van der Waals surface area (Å²) in [5.41, 5.74) is 0. The van der Waals surface area contributed by atoms with E-state index in [-0.39, 0.29) is 6.10 Å². The molecular weight excluding hydrogens is 180 g/mol. The first-order chi connectivity index (χ1) is 4.18. The lowest BCUT2D eigenvalue weighted by atomic mass is 10.1. The van der Waals surface area contributed by atoms with E-state index in [1.54, 1.807) is 0 Å². The van der Waals surface area contributed by atoms with E-state index in [1.807, 2.05) is 13.8 Å². The van der Waals surface area contributed by atoms with Gasteiger partial charge in [0, 0.05) is 22.4 Å². The Morgan fingerprint density at radius 3 is 2.44 bits per heavy atom. The summed E-state index contributed by atoms with van der Waals surface area (Å²) in [4.78, 5) is 2.56. The SMILES string of the molecule is CC(C)C(O)CC#CBr. The Morgan fingerprint density at radius 1 is 1.56 bits per heavy atom. The largest absolute Gasteiger partial charge is 0.392 e. The number of hydrogen-bond acceptors (Lipinski definition) is 1. The van der Waals surface area contributed by atoms with Crippen molar-refractivity contribution in [2.75, 3.05) is 0 Å². The molecule has 0 bridgehead atoms. The Hall–Kier alpha value is 0. The van der Waals surface area contributed by atoms with Crippen molar-refractivity contribution < 1.29 is 5.11 Å². The molecule has 0 radical (unpaired) electrons. The summed E-state index contributed by atoms with van der Waals surface area (Å²) in [5.74, 6) is 3.05. The fraction of sp³-hybridized carbons (Fsp3) is 0.714. The molecule has 0 aliphatic heterocycles. The van der Waals surface area contributed by atoms with Crippen LogP contribution in [0.1, 0.15) is 20.3 Å². The summed E-state index contributed by atoms with van der Waals surface area (Å²) in [7, 11) is 0. The van der Waals surface area contributed by atoms with Gasteiger partial charge in [0.15, 0.2) is 0 Å². The fourth-order valence-corrected chi connectivity index (χ4v) is 0.541. The van der Waals surface area contributed by atoms with E-state index < -0.39 is 0 Å². The standard InChI is InChI=1S/C7H11BrO/c1-6(2)7(9)4-3-5-8/h6-7,9H,4H2,1-2H3. The molecule has 52 valence electrons. The Labute approximate surface area is 64.6 Å². The summed E-state index contributed by atoms with van der Waals surface area (Å²) in [6.45, 7) is 3.95. The number of rotatable bonds is 2. The van der Waals surface area contributed by atoms with Crippen LogP contribution in [-0.4, -0.2) is 11.2 Å². The molecule has 0 amide bonds. The van der Waals surface area contributed by atoms with Gasteiger partial charge >= 0.3 is 0 Å². The van der Waals surface area contributed by atoms with Gasteiger partial charge in [0.1, 0.15) is 0 Å². The summed E-state index contributed by atoms with van der Waals surface area (Å²) in [6, 6.07) is 0. The monoisotopic (exact) mass is 190 g/mol. The summed E-state index contributed by atoms with van der Waals surface area (Å²) < 4.78 is 0. The van der Waals surface area contributed by atoms with Gasteiger partial charge in [-0.25, -0.2) is 0 Å². The van der Waals surface area contributed by atoms with E-state index in [0.717, 1.165) is 0 Å². The van der Waals surface area contributed by atoms with E-state index in [2.05, 4.69) is 26.7 Å². The number of aliphatic hydroxyl groups is 1. The van der Waals surface area contributed by atoms with Crippen LogP contribution in [0.15, 0.2) is 0 Å². The predicted octanol–water partition coefficient (Wildman–Crippen LogP) is 1.75. The predicted molar refractivity (Wildman–Crippen MR) is 42.2 cm³/mol. The van der Waals surface area contributed by atoms with Gasteiger partial charge in [-0.1, -0.05) is 19.8 Å². The van der Waals surface area contributed by atoms with Crippen LogP contribution < -0.4 is 0 Å². The smallest absolute Gasteiger partial charge is 0.0672 e. The average Bonchev–Trinajstić information content (AvgIpc) is 1.82. The van der Waals surface area contributed by atoms with Crippen LogP contribution in [0.3, 0.4) is 0 Å². The molecule has 0 aromatic rings. The third-order valence-corrected chi connectivity index (χ3v) is 1.43. The first kappa shape index (κ1) is 9.00. The lowest BCUT2D eigenvalue weighted by Gasteiger charge is -2.09. The molecule has 0 rings (SSSR count). The minimum Gasteiger partial charge on any atom is -0.392 e. The second-order valence-corrected chi connectivity index (χ2v) is 2.68. The lowest BCUT2D eigenvalue weighted by molar-refractivity contribution is 0.130. The van der Waals surface area contributed by atoms with Crippen molar-refractivity contribution in [2.24, 2.45) is 5.92 Å². The normalized spacial score (nSPS) is 12.6. The van der Waals surface area contributed by atoms with Gasteiger partial charge in [0.2, 0.25) is 0 Å². The molecule has 1 unspecified atom stereocenters.